The van der Waals surface area contributed by atoms with Gasteiger partial charge in [0, 0.05) is 16.2 Å². The number of hydrogen-bond donors (Lipinski definition) is 0. The Morgan fingerprint density at radius 1 is 0.300 bits per heavy atom. The molecule has 11 rings (SSSR count). The van der Waals surface area contributed by atoms with Gasteiger partial charge >= 0.3 is 0 Å². The van der Waals surface area contributed by atoms with Crippen LogP contribution >= 0.6 is 0 Å². The highest BCUT2D eigenvalue weighted by atomic mass is 16.3. The summed E-state index contributed by atoms with van der Waals surface area (Å²) in [4.78, 5) is 0. The summed E-state index contributed by atoms with van der Waals surface area (Å²) >= 11 is 0. The van der Waals surface area contributed by atoms with Gasteiger partial charge < -0.3 is 8.83 Å². The van der Waals surface area contributed by atoms with E-state index >= 15 is 0 Å². The molecule has 2 nitrogen and oxygen atoms in total. The van der Waals surface area contributed by atoms with Crippen molar-refractivity contribution in [2.75, 3.05) is 0 Å². The van der Waals surface area contributed by atoms with Crippen molar-refractivity contribution in [2.24, 2.45) is 0 Å². The molecule has 0 unspecified atom stereocenters. The van der Waals surface area contributed by atoms with Gasteiger partial charge in [0.1, 0.15) is 22.3 Å². The Morgan fingerprint density at radius 2 is 0.900 bits per heavy atom. The molecule has 0 aliphatic heterocycles. The van der Waals surface area contributed by atoms with Gasteiger partial charge in [0.15, 0.2) is 0 Å². The molecule has 2 aromatic heterocycles. The van der Waals surface area contributed by atoms with Crippen LogP contribution in [-0.4, -0.2) is 0 Å². The van der Waals surface area contributed by atoms with Crippen LogP contribution in [0.5, 0.6) is 0 Å². The fraction of sp³-hybridized carbons (Fsp3) is 0. The molecular weight excluding hydrogens is 609 g/mol. The van der Waals surface area contributed by atoms with Gasteiger partial charge in [-0.3, -0.25) is 0 Å². The Kier molecular flexibility index (Phi) is 5.70. The zero-order valence-electron chi connectivity index (χ0n) is 27.0. The maximum absolute atomic E-state index is 6.57. The highest BCUT2D eigenvalue weighted by molar-refractivity contribution is 6.25. The van der Waals surface area contributed by atoms with Crippen LogP contribution in [0.1, 0.15) is 0 Å². The fourth-order valence-electron chi connectivity index (χ4n) is 8.24. The second-order valence-corrected chi connectivity index (χ2v) is 13.2. The molecule has 2 heterocycles. The smallest absolute Gasteiger partial charge is 0.147 e. The van der Waals surface area contributed by atoms with E-state index in [4.69, 9.17) is 8.83 Å². The lowest BCUT2D eigenvalue weighted by molar-refractivity contribution is 0.663. The Labute approximate surface area is 287 Å². The molecule has 9 aromatic carbocycles. The molecule has 50 heavy (non-hydrogen) atoms. The molecule has 11 aromatic rings. The minimum atomic E-state index is 0.842. The Morgan fingerprint density at radius 3 is 1.66 bits per heavy atom. The number of hydrogen-bond acceptors (Lipinski definition) is 2. The summed E-state index contributed by atoms with van der Waals surface area (Å²) in [5.41, 5.74) is 10.8. The van der Waals surface area contributed by atoms with Crippen molar-refractivity contribution in [2.45, 2.75) is 0 Å². The molecule has 0 bridgehead atoms. The van der Waals surface area contributed by atoms with E-state index in [1.807, 2.05) is 12.1 Å². The van der Waals surface area contributed by atoms with Crippen LogP contribution in [-0.2, 0) is 0 Å². The van der Waals surface area contributed by atoms with Crippen LogP contribution in [0.4, 0.5) is 0 Å². The average molecular weight is 637 g/mol. The molecule has 0 aliphatic carbocycles. The van der Waals surface area contributed by atoms with Crippen molar-refractivity contribution in [3.05, 3.63) is 170 Å². The number of benzene rings is 9. The first-order chi connectivity index (χ1) is 24.8. The quantitative estimate of drug-likeness (QED) is 0.180. The van der Waals surface area contributed by atoms with Crippen LogP contribution < -0.4 is 0 Å². The molecule has 0 saturated heterocycles. The normalized spacial score (nSPS) is 12.0. The van der Waals surface area contributed by atoms with Crippen molar-refractivity contribution in [1.29, 1.82) is 0 Å². The predicted molar refractivity (Wildman–Crippen MR) is 210 cm³/mol. The third-order valence-corrected chi connectivity index (χ3v) is 10.4. The van der Waals surface area contributed by atoms with E-state index in [0.29, 0.717) is 0 Å². The SMILES string of the molecule is c1ccc(-c2c3ccccc3c(-c3cc(-c4ccc5oc6c(ccc7oc8ccccc8c76)c5c4)cc4ccccc34)c3ccccc23)cc1. The number of para-hydroxylation sites is 1. The van der Waals surface area contributed by atoms with Crippen molar-refractivity contribution < 1.29 is 8.83 Å². The Hall–Kier alpha value is -6.64. The van der Waals surface area contributed by atoms with E-state index in [-0.39, 0.29) is 0 Å². The summed E-state index contributed by atoms with van der Waals surface area (Å²) in [5, 5.41) is 11.8. The number of rotatable bonds is 3. The van der Waals surface area contributed by atoms with Gasteiger partial charge in [0.05, 0.1) is 5.39 Å². The average Bonchev–Trinajstić information content (AvgIpc) is 3.75. The van der Waals surface area contributed by atoms with Gasteiger partial charge in [-0.05, 0) is 108 Å². The summed E-state index contributed by atoms with van der Waals surface area (Å²) in [6, 6.07) is 61.1. The zero-order valence-corrected chi connectivity index (χ0v) is 27.0. The van der Waals surface area contributed by atoms with E-state index in [0.717, 1.165) is 49.4 Å². The largest absolute Gasteiger partial charge is 0.456 e. The molecule has 0 amide bonds. The van der Waals surface area contributed by atoms with E-state index in [9.17, 15) is 0 Å². The second-order valence-electron chi connectivity index (χ2n) is 13.2. The van der Waals surface area contributed by atoms with E-state index in [2.05, 4.69) is 158 Å². The maximum Gasteiger partial charge on any atom is 0.147 e. The topological polar surface area (TPSA) is 26.3 Å². The molecule has 0 saturated carbocycles. The fourth-order valence-corrected chi connectivity index (χ4v) is 8.24. The summed E-state index contributed by atoms with van der Waals surface area (Å²) in [6.07, 6.45) is 0. The first-order valence-electron chi connectivity index (χ1n) is 17.1. The minimum absolute atomic E-state index is 0.842. The summed E-state index contributed by atoms with van der Waals surface area (Å²) < 4.78 is 12.7. The van der Waals surface area contributed by atoms with Gasteiger partial charge in [-0.1, -0.05) is 127 Å². The molecule has 0 fully saturated rings. The zero-order chi connectivity index (χ0) is 32.8. The van der Waals surface area contributed by atoms with Crippen LogP contribution in [0.15, 0.2) is 179 Å². The van der Waals surface area contributed by atoms with Gasteiger partial charge in [-0.15, -0.1) is 0 Å². The van der Waals surface area contributed by atoms with Gasteiger partial charge in [0.2, 0.25) is 0 Å². The van der Waals surface area contributed by atoms with Crippen molar-refractivity contribution >= 4 is 76.2 Å². The van der Waals surface area contributed by atoms with Crippen molar-refractivity contribution in [1.82, 2.24) is 0 Å². The second kappa shape index (κ2) is 10.4. The molecule has 2 heteroatoms. The van der Waals surface area contributed by atoms with E-state index in [1.54, 1.807) is 0 Å². The van der Waals surface area contributed by atoms with E-state index < -0.39 is 0 Å². The van der Waals surface area contributed by atoms with Gasteiger partial charge in [0.25, 0.3) is 0 Å². The Balaban J connectivity index is 1.19. The third-order valence-electron chi connectivity index (χ3n) is 10.4. The highest BCUT2D eigenvalue weighted by Crippen LogP contribution is 2.47. The third kappa shape index (κ3) is 3.90. The Bertz CT molecular complexity index is 3080. The van der Waals surface area contributed by atoms with Crippen molar-refractivity contribution in [3.63, 3.8) is 0 Å². The first kappa shape index (κ1) is 27.3. The lowest BCUT2D eigenvalue weighted by Crippen LogP contribution is -1.92. The van der Waals surface area contributed by atoms with Crippen LogP contribution in [0, 0.1) is 0 Å². The molecular formula is C48H28O2. The monoisotopic (exact) mass is 636 g/mol. The standard InChI is InChI=1S/C48H28O2/c1-2-12-29(13-3-1)45-34-16-6-8-18-36(34)46(37-19-9-7-17-35(37)45)41-28-32(26-31-14-4-5-15-33(31)41)30-22-24-43-40(27-30)38-23-25-44-47(48(38)50-43)39-20-10-11-21-42(39)49-44/h1-28H. The lowest BCUT2D eigenvalue weighted by atomic mass is 9.84. The predicted octanol–water partition coefficient (Wildman–Crippen LogP) is 13.9. The van der Waals surface area contributed by atoms with Crippen LogP contribution in [0.25, 0.3) is 110 Å². The maximum atomic E-state index is 6.57. The van der Waals surface area contributed by atoms with Gasteiger partial charge in [-0.25, -0.2) is 0 Å². The summed E-state index contributed by atoms with van der Waals surface area (Å²) in [6.45, 7) is 0. The highest BCUT2D eigenvalue weighted by Gasteiger charge is 2.20. The molecule has 0 N–H and O–H groups in total. The molecule has 0 aliphatic rings. The number of furan rings is 2. The summed E-state index contributed by atoms with van der Waals surface area (Å²) in [7, 11) is 0. The molecule has 0 spiro atoms. The summed E-state index contributed by atoms with van der Waals surface area (Å²) in [5.74, 6) is 0. The van der Waals surface area contributed by atoms with Crippen LogP contribution in [0.2, 0.25) is 0 Å². The minimum Gasteiger partial charge on any atom is -0.456 e. The first-order valence-corrected chi connectivity index (χ1v) is 17.1. The molecule has 0 atom stereocenters. The van der Waals surface area contributed by atoms with E-state index in [1.165, 1.54) is 60.1 Å². The van der Waals surface area contributed by atoms with Gasteiger partial charge in [-0.2, -0.15) is 0 Å². The molecule has 232 valence electrons. The lowest BCUT2D eigenvalue weighted by Gasteiger charge is -2.19. The van der Waals surface area contributed by atoms with Crippen LogP contribution in [0.3, 0.4) is 0 Å². The van der Waals surface area contributed by atoms with Crippen molar-refractivity contribution in [3.8, 4) is 33.4 Å². The number of fused-ring (bicyclic) bond motifs is 10. The molecule has 0 radical (unpaired) electrons.